The van der Waals surface area contributed by atoms with Crippen molar-refractivity contribution in [3.05, 3.63) is 16.4 Å². The molecular weight excluding hydrogens is 336 g/mol. The highest BCUT2D eigenvalue weighted by atomic mass is 79.9. The lowest BCUT2D eigenvalue weighted by Crippen LogP contribution is -2.62. The first-order valence-corrected chi connectivity index (χ1v) is 8.31. The second kappa shape index (κ2) is 6.46. The van der Waals surface area contributed by atoms with Crippen molar-refractivity contribution in [1.82, 2.24) is 20.0 Å². The van der Waals surface area contributed by atoms with Gasteiger partial charge in [-0.3, -0.25) is 14.8 Å². The molecule has 1 aromatic rings. The van der Waals surface area contributed by atoms with Crippen molar-refractivity contribution >= 4 is 21.8 Å². The number of piperidine rings is 1. The topological polar surface area (TPSA) is 72.5 Å². The number of aromatic amines is 1. The highest BCUT2D eigenvalue weighted by Gasteiger charge is 2.37. The number of H-pyrrole nitrogens is 1. The van der Waals surface area contributed by atoms with Crippen molar-refractivity contribution in [2.24, 2.45) is 5.92 Å². The second-order valence-corrected chi connectivity index (χ2v) is 6.80. The van der Waals surface area contributed by atoms with Crippen LogP contribution in [0.1, 0.15) is 29.8 Å². The monoisotopic (exact) mass is 356 g/mol. The maximum absolute atomic E-state index is 12.3. The average Bonchev–Trinajstić information content (AvgIpc) is 2.85. The Kier molecular flexibility index (Phi) is 4.61. The number of nitrogens with one attached hydrogen (secondary N) is 1. The lowest BCUT2D eigenvalue weighted by Gasteiger charge is -2.47. The number of nitrogens with zero attached hydrogens (tertiary/aromatic N) is 3. The van der Waals surface area contributed by atoms with Crippen LogP contribution in [0.5, 0.6) is 0 Å². The Morgan fingerprint density at radius 3 is 2.71 bits per heavy atom. The van der Waals surface area contributed by atoms with Gasteiger partial charge in [-0.25, -0.2) is 0 Å². The Morgan fingerprint density at radius 1 is 1.43 bits per heavy atom. The SMILES string of the molecule is O=C(c1[nH]ncc1Br)N1CC(N2CCC(CCO)CC2)C1. The fourth-order valence-electron chi connectivity index (χ4n) is 3.22. The van der Waals surface area contributed by atoms with Gasteiger partial charge < -0.3 is 10.0 Å². The molecule has 0 radical (unpaired) electrons. The summed E-state index contributed by atoms with van der Waals surface area (Å²) < 4.78 is 0.723. The normalized spacial score (nSPS) is 21.5. The smallest absolute Gasteiger partial charge is 0.273 e. The summed E-state index contributed by atoms with van der Waals surface area (Å²) in [5.74, 6) is 0.691. The van der Waals surface area contributed by atoms with Crippen molar-refractivity contribution in [3.63, 3.8) is 0 Å². The maximum Gasteiger partial charge on any atom is 0.273 e. The van der Waals surface area contributed by atoms with Crippen LogP contribution < -0.4 is 0 Å². The minimum Gasteiger partial charge on any atom is -0.396 e. The van der Waals surface area contributed by atoms with E-state index in [4.69, 9.17) is 5.11 Å². The van der Waals surface area contributed by atoms with E-state index in [2.05, 4.69) is 31.0 Å². The zero-order chi connectivity index (χ0) is 14.8. The third-order valence-electron chi connectivity index (χ3n) is 4.66. The summed E-state index contributed by atoms with van der Waals surface area (Å²) in [6.07, 6.45) is 4.86. The maximum atomic E-state index is 12.3. The van der Waals surface area contributed by atoms with Crippen molar-refractivity contribution < 1.29 is 9.90 Å². The number of likely N-dealkylation sites (tertiary alicyclic amines) is 2. The average molecular weight is 357 g/mol. The number of halogens is 1. The van der Waals surface area contributed by atoms with Crippen LogP contribution in [-0.2, 0) is 0 Å². The highest BCUT2D eigenvalue weighted by molar-refractivity contribution is 9.10. The van der Waals surface area contributed by atoms with Gasteiger partial charge in [-0.05, 0) is 54.2 Å². The number of aliphatic hydroxyl groups is 1. The third kappa shape index (κ3) is 3.14. The zero-order valence-electron chi connectivity index (χ0n) is 12.0. The summed E-state index contributed by atoms with van der Waals surface area (Å²) >= 11 is 3.33. The van der Waals surface area contributed by atoms with E-state index < -0.39 is 0 Å². The summed E-state index contributed by atoms with van der Waals surface area (Å²) in [6.45, 7) is 4.08. The fraction of sp³-hybridized carbons (Fsp3) is 0.714. The first-order chi connectivity index (χ1) is 10.2. The van der Waals surface area contributed by atoms with Crippen LogP contribution in [0.4, 0.5) is 0 Å². The zero-order valence-corrected chi connectivity index (χ0v) is 13.5. The molecule has 116 valence electrons. The van der Waals surface area contributed by atoms with Crippen molar-refractivity contribution in [2.75, 3.05) is 32.8 Å². The minimum absolute atomic E-state index is 0.0193. The predicted octanol–water partition coefficient (Wildman–Crippen LogP) is 1.09. The third-order valence-corrected chi connectivity index (χ3v) is 5.26. The van der Waals surface area contributed by atoms with Crippen LogP contribution in [0.2, 0.25) is 0 Å². The number of amides is 1. The number of hydrogen-bond donors (Lipinski definition) is 2. The van der Waals surface area contributed by atoms with Gasteiger partial charge in [0.1, 0.15) is 5.69 Å². The van der Waals surface area contributed by atoms with E-state index >= 15 is 0 Å². The summed E-state index contributed by atoms with van der Waals surface area (Å²) in [5, 5.41) is 15.6. The molecule has 0 aromatic carbocycles. The molecule has 3 heterocycles. The molecular formula is C14H21BrN4O2. The van der Waals surface area contributed by atoms with Gasteiger partial charge in [0.25, 0.3) is 5.91 Å². The summed E-state index contributed by atoms with van der Waals surface area (Å²) in [5.41, 5.74) is 0.537. The molecule has 3 rings (SSSR count). The molecule has 2 N–H and O–H groups in total. The van der Waals surface area contributed by atoms with Gasteiger partial charge in [0.05, 0.1) is 10.7 Å². The molecule has 0 saturated carbocycles. The van der Waals surface area contributed by atoms with E-state index in [1.54, 1.807) is 6.20 Å². The molecule has 1 amide bonds. The van der Waals surface area contributed by atoms with Gasteiger partial charge in [-0.1, -0.05) is 0 Å². The molecule has 6 nitrogen and oxygen atoms in total. The molecule has 21 heavy (non-hydrogen) atoms. The number of rotatable bonds is 4. The van der Waals surface area contributed by atoms with Crippen LogP contribution in [0, 0.1) is 5.92 Å². The Bertz CT molecular complexity index is 493. The van der Waals surface area contributed by atoms with Gasteiger partial charge in [-0.2, -0.15) is 5.10 Å². The molecule has 7 heteroatoms. The number of hydrogen-bond acceptors (Lipinski definition) is 4. The van der Waals surface area contributed by atoms with Gasteiger partial charge in [0.2, 0.25) is 0 Å². The van der Waals surface area contributed by atoms with E-state index in [1.165, 1.54) is 0 Å². The highest BCUT2D eigenvalue weighted by Crippen LogP contribution is 2.26. The lowest BCUT2D eigenvalue weighted by atomic mass is 9.92. The number of aliphatic hydroxyl groups excluding tert-OH is 1. The first-order valence-electron chi connectivity index (χ1n) is 7.52. The number of carbonyl (C=O) groups is 1. The van der Waals surface area contributed by atoms with E-state index in [0.717, 1.165) is 49.9 Å². The van der Waals surface area contributed by atoms with Crippen LogP contribution in [-0.4, -0.2) is 69.8 Å². The molecule has 0 bridgehead atoms. The number of carbonyl (C=O) groups excluding carboxylic acids is 1. The van der Waals surface area contributed by atoms with E-state index in [1.807, 2.05) is 4.90 Å². The molecule has 0 atom stereocenters. The van der Waals surface area contributed by atoms with E-state index in [9.17, 15) is 4.79 Å². The van der Waals surface area contributed by atoms with E-state index in [-0.39, 0.29) is 5.91 Å². The Labute approximate surface area is 132 Å². The molecule has 0 spiro atoms. The van der Waals surface area contributed by atoms with Crippen molar-refractivity contribution in [2.45, 2.75) is 25.3 Å². The Hall–Kier alpha value is -0.920. The van der Waals surface area contributed by atoms with Crippen LogP contribution in [0.25, 0.3) is 0 Å². The summed E-state index contributed by atoms with van der Waals surface area (Å²) in [7, 11) is 0. The van der Waals surface area contributed by atoms with E-state index in [0.29, 0.717) is 24.3 Å². The van der Waals surface area contributed by atoms with Crippen LogP contribution >= 0.6 is 15.9 Å². The van der Waals surface area contributed by atoms with Gasteiger partial charge in [0.15, 0.2) is 0 Å². The molecule has 2 saturated heterocycles. The largest absolute Gasteiger partial charge is 0.396 e. The molecule has 1 aromatic heterocycles. The minimum atomic E-state index is 0.0193. The van der Waals surface area contributed by atoms with Gasteiger partial charge in [-0.15, -0.1) is 0 Å². The Balaban J connectivity index is 1.46. The van der Waals surface area contributed by atoms with Gasteiger partial charge >= 0.3 is 0 Å². The molecule has 2 aliphatic heterocycles. The summed E-state index contributed by atoms with van der Waals surface area (Å²) in [6, 6.07) is 0.491. The quantitative estimate of drug-likeness (QED) is 0.846. The molecule has 0 aliphatic carbocycles. The molecule has 0 unspecified atom stereocenters. The summed E-state index contributed by atoms with van der Waals surface area (Å²) in [4.78, 5) is 16.6. The second-order valence-electron chi connectivity index (χ2n) is 5.95. The first kappa shape index (κ1) is 15.0. The van der Waals surface area contributed by atoms with Crippen molar-refractivity contribution in [1.29, 1.82) is 0 Å². The predicted molar refractivity (Wildman–Crippen MR) is 82.0 cm³/mol. The fourth-order valence-corrected chi connectivity index (χ4v) is 3.58. The lowest BCUT2D eigenvalue weighted by molar-refractivity contribution is 0.0125. The standard InChI is InChI=1S/C14H21BrN4O2/c15-12-7-16-17-13(12)14(21)19-8-11(9-19)18-4-1-10(2-5-18)3-6-20/h7,10-11,20H,1-6,8-9H2,(H,16,17). The molecule has 2 aliphatic rings. The molecule has 2 fully saturated rings. The van der Waals surface area contributed by atoms with Crippen LogP contribution in [0.15, 0.2) is 10.7 Å². The van der Waals surface area contributed by atoms with Crippen LogP contribution in [0.3, 0.4) is 0 Å². The van der Waals surface area contributed by atoms with Gasteiger partial charge in [0, 0.05) is 25.7 Å². The number of aromatic nitrogens is 2. The Morgan fingerprint density at radius 2 is 2.14 bits per heavy atom. The van der Waals surface area contributed by atoms with Crippen molar-refractivity contribution in [3.8, 4) is 0 Å².